The summed E-state index contributed by atoms with van der Waals surface area (Å²) in [4.78, 5) is 23.9. The van der Waals surface area contributed by atoms with Gasteiger partial charge in [0.2, 0.25) is 0 Å². The van der Waals surface area contributed by atoms with Gasteiger partial charge in [-0.05, 0) is 57.0 Å². The standard InChI is InChI=1S/C21H21NO4/c1-12-5-8-18(14(3)9-12)22-21(24)15(4)25-16-6-7-17-13(2)10-20(23)26-19(17)11-16/h5-11,15H,1-4H3,(H,22,24)/t15-/m0/s1. The number of amides is 1. The highest BCUT2D eigenvalue weighted by atomic mass is 16.5. The Morgan fingerprint density at radius 1 is 1.04 bits per heavy atom. The maximum atomic E-state index is 12.4. The molecule has 0 saturated carbocycles. The predicted octanol–water partition coefficient (Wildman–Crippen LogP) is 4.12. The molecule has 0 aliphatic heterocycles. The van der Waals surface area contributed by atoms with Gasteiger partial charge in [-0.15, -0.1) is 0 Å². The number of aryl methyl sites for hydroxylation is 3. The van der Waals surface area contributed by atoms with Gasteiger partial charge in [0.05, 0.1) is 0 Å². The van der Waals surface area contributed by atoms with E-state index in [0.29, 0.717) is 11.3 Å². The molecular weight excluding hydrogens is 330 g/mol. The van der Waals surface area contributed by atoms with Crippen molar-refractivity contribution < 1.29 is 13.9 Å². The quantitative estimate of drug-likeness (QED) is 0.718. The van der Waals surface area contributed by atoms with Crippen LogP contribution in [-0.2, 0) is 4.79 Å². The van der Waals surface area contributed by atoms with Crippen LogP contribution in [0.15, 0.2) is 51.7 Å². The van der Waals surface area contributed by atoms with Crippen molar-refractivity contribution >= 4 is 22.6 Å². The third kappa shape index (κ3) is 3.77. The summed E-state index contributed by atoms with van der Waals surface area (Å²) in [5.74, 6) is 0.220. The Morgan fingerprint density at radius 2 is 1.81 bits per heavy atom. The van der Waals surface area contributed by atoms with Gasteiger partial charge in [-0.2, -0.15) is 0 Å². The van der Waals surface area contributed by atoms with E-state index in [9.17, 15) is 9.59 Å². The number of hydrogen-bond donors (Lipinski definition) is 1. The van der Waals surface area contributed by atoms with Gasteiger partial charge >= 0.3 is 5.63 Å². The second-order valence-electron chi connectivity index (χ2n) is 6.47. The molecule has 3 aromatic rings. The highest BCUT2D eigenvalue weighted by Crippen LogP contribution is 2.23. The zero-order valence-corrected chi connectivity index (χ0v) is 15.3. The molecule has 0 aliphatic rings. The number of fused-ring (bicyclic) bond motifs is 1. The van der Waals surface area contributed by atoms with Gasteiger partial charge in [0.25, 0.3) is 5.91 Å². The van der Waals surface area contributed by atoms with Crippen molar-refractivity contribution in [2.24, 2.45) is 0 Å². The fourth-order valence-electron chi connectivity index (χ4n) is 2.82. The highest BCUT2D eigenvalue weighted by Gasteiger charge is 2.16. The van der Waals surface area contributed by atoms with Crippen molar-refractivity contribution in [1.29, 1.82) is 0 Å². The number of nitrogens with one attached hydrogen (secondary N) is 1. The molecule has 1 aromatic heterocycles. The van der Waals surface area contributed by atoms with E-state index in [-0.39, 0.29) is 5.91 Å². The van der Waals surface area contributed by atoms with Crippen LogP contribution in [0.2, 0.25) is 0 Å². The molecule has 0 aliphatic carbocycles. The first-order valence-corrected chi connectivity index (χ1v) is 8.43. The number of ether oxygens (including phenoxy) is 1. The van der Waals surface area contributed by atoms with E-state index in [0.717, 1.165) is 27.8 Å². The molecule has 1 amide bonds. The van der Waals surface area contributed by atoms with Gasteiger partial charge in [-0.25, -0.2) is 4.79 Å². The minimum Gasteiger partial charge on any atom is -0.481 e. The molecule has 1 atom stereocenters. The average Bonchev–Trinajstić information content (AvgIpc) is 2.56. The molecule has 0 bridgehead atoms. The third-order valence-electron chi connectivity index (χ3n) is 4.24. The first-order valence-electron chi connectivity index (χ1n) is 8.43. The van der Waals surface area contributed by atoms with Gasteiger partial charge in [-0.3, -0.25) is 4.79 Å². The Balaban J connectivity index is 1.76. The minimum absolute atomic E-state index is 0.247. The van der Waals surface area contributed by atoms with Gasteiger partial charge in [0, 0.05) is 23.2 Å². The molecule has 2 aromatic carbocycles. The van der Waals surface area contributed by atoms with Crippen LogP contribution in [0.5, 0.6) is 5.75 Å². The van der Waals surface area contributed by atoms with E-state index >= 15 is 0 Å². The van der Waals surface area contributed by atoms with Crippen molar-refractivity contribution in [2.75, 3.05) is 5.32 Å². The van der Waals surface area contributed by atoms with Gasteiger partial charge in [0.15, 0.2) is 6.10 Å². The lowest BCUT2D eigenvalue weighted by molar-refractivity contribution is -0.122. The van der Waals surface area contributed by atoms with Crippen molar-refractivity contribution in [2.45, 2.75) is 33.8 Å². The molecule has 0 saturated heterocycles. The number of benzene rings is 2. The zero-order chi connectivity index (χ0) is 18.8. The third-order valence-corrected chi connectivity index (χ3v) is 4.24. The van der Waals surface area contributed by atoms with Gasteiger partial charge in [-0.1, -0.05) is 17.7 Å². The molecule has 26 heavy (non-hydrogen) atoms. The van der Waals surface area contributed by atoms with E-state index in [1.54, 1.807) is 19.1 Å². The van der Waals surface area contributed by atoms with Gasteiger partial charge < -0.3 is 14.5 Å². The van der Waals surface area contributed by atoms with E-state index in [1.807, 2.05) is 45.0 Å². The summed E-state index contributed by atoms with van der Waals surface area (Å²) in [7, 11) is 0. The maximum Gasteiger partial charge on any atom is 0.336 e. The second-order valence-corrected chi connectivity index (χ2v) is 6.47. The van der Waals surface area contributed by atoms with Crippen LogP contribution in [0.4, 0.5) is 5.69 Å². The number of carbonyl (C=O) groups excluding carboxylic acids is 1. The molecule has 5 nitrogen and oxygen atoms in total. The lowest BCUT2D eigenvalue weighted by atomic mass is 10.1. The Kier molecular flexibility index (Phi) is 4.80. The first kappa shape index (κ1) is 17.7. The summed E-state index contributed by atoms with van der Waals surface area (Å²) in [5.41, 5.74) is 3.76. The number of rotatable bonds is 4. The lowest BCUT2D eigenvalue weighted by Gasteiger charge is -2.16. The molecule has 5 heteroatoms. The van der Waals surface area contributed by atoms with Crippen LogP contribution in [-0.4, -0.2) is 12.0 Å². The largest absolute Gasteiger partial charge is 0.481 e. The normalized spacial score (nSPS) is 12.0. The summed E-state index contributed by atoms with van der Waals surface area (Å²) in [6.45, 7) is 7.47. The monoisotopic (exact) mass is 351 g/mol. The molecule has 1 N–H and O–H groups in total. The summed E-state index contributed by atoms with van der Waals surface area (Å²) in [5, 5.41) is 3.71. The van der Waals surface area contributed by atoms with E-state index in [4.69, 9.17) is 9.15 Å². The van der Waals surface area contributed by atoms with Crippen LogP contribution < -0.4 is 15.7 Å². The highest BCUT2D eigenvalue weighted by molar-refractivity contribution is 5.94. The van der Waals surface area contributed by atoms with Crippen LogP contribution >= 0.6 is 0 Å². The Bertz CT molecular complexity index is 1040. The summed E-state index contributed by atoms with van der Waals surface area (Å²) in [6, 6.07) is 12.5. The van der Waals surface area contributed by atoms with E-state index < -0.39 is 11.7 Å². The molecule has 0 fully saturated rings. The number of hydrogen-bond acceptors (Lipinski definition) is 4. The molecular formula is C21H21NO4. The molecule has 0 radical (unpaired) electrons. The fourth-order valence-corrected chi connectivity index (χ4v) is 2.82. The zero-order valence-electron chi connectivity index (χ0n) is 15.3. The maximum absolute atomic E-state index is 12.4. The molecule has 3 rings (SSSR count). The Labute approximate surface area is 151 Å². The van der Waals surface area contributed by atoms with Crippen molar-refractivity contribution in [3.8, 4) is 5.75 Å². The average molecular weight is 351 g/mol. The lowest BCUT2D eigenvalue weighted by Crippen LogP contribution is -2.30. The first-order chi connectivity index (χ1) is 12.3. The van der Waals surface area contributed by atoms with Crippen LogP contribution in [0.25, 0.3) is 11.0 Å². The molecule has 1 heterocycles. The van der Waals surface area contributed by atoms with Crippen LogP contribution in [0, 0.1) is 20.8 Å². The topological polar surface area (TPSA) is 68.5 Å². The predicted molar refractivity (Wildman–Crippen MR) is 102 cm³/mol. The molecule has 134 valence electrons. The van der Waals surface area contributed by atoms with Crippen LogP contribution in [0.3, 0.4) is 0 Å². The van der Waals surface area contributed by atoms with Crippen molar-refractivity contribution in [3.63, 3.8) is 0 Å². The number of anilines is 1. The van der Waals surface area contributed by atoms with E-state index in [2.05, 4.69) is 5.32 Å². The van der Waals surface area contributed by atoms with Crippen molar-refractivity contribution in [1.82, 2.24) is 0 Å². The van der Waals surface area contributed by atoms with Crippen LogP contribution in [0.1, 0.15) is 23.6 Å². The Morgan fingerprint density at radius 3 is 2.54 bits per heavy atom. The summed E-state index contributed by atoms with van der Waals surface area (Å²) >= 11 is 0. The second kappa shape index (κ2) is 7.04. The molecule has 0 unspecified atom stereocenters. The Hall–Kier alpha value is -3.08. The van der Waals surface area contributed by atoms with Gasteiger partial charge in [0.1, 0.15) is 11.3 Å². The van der Waals surface area contributed by atoms with E-state index in [1.165, 1.54) is 6.07 Å². The SMILES string of the molecule is Cc1ccc(NC(=O)[C@H](C)Oc2ccc3c(C)cc(=O)oc3c2)c(C)c1. The van der Waals surface area contributed by atoms with Crippen molar-refractivity contribution in [3.05, 3.63) is 69.6 Å². The molecule has 0 spiro atoms. The fraction of sp³-hybridized carbons (Fsp3) is 0.238. The summed E-state index contributed by atoms with van der Waals surface area (Å²) < 4.78 is 10.9. The minimum atomic E-state index is -0.704. The number of carbonyl (C=O) groups is 1. The smallest absolute Gasteiger partial charge is 0.336 e. The summed E-state index contributed by atoms with van der Waals surface area (Å²) in [6.07, 6.45) is -0.704.